The van der Waals surface area contributed by atoms with E-state index in [2.05, 4.69) is 19.7 Å². The van der Waals surface area contributed by atoms with Crippen LogP contribution in [0.15, 0.2) is 64.0 Å². The number of hydrogen-bond acceptors (Lipinski definition) is 9. The second-order valence-corrected chi connectivity index (χ2v) is 9.47. The lowest BCUT2D eigenvalue weighted by Crippen LogP contribution is -2.55. The van der Waals surface area contributed by atoms with Crippen molar-refractivity contribution in [3.8, 4) is 28.6 Å². The molecule has 0 atom stereocenters. The molecule has 4 heterocycles. The molecule has 44 heavy (non-hydrogen) atoms. The molecule has 11 nitrogen and oxygen atoms in total. The first kappa shape index (κ1) is 30.5. The molecule has 0 N–H and O–H groups in total. The summed E-state index contributed by atoms with van der Waals surface area (Å²) in [7, 11) is 0. The van der Waals surface area contributed by atoms with Crippen LogP contribution in [0, 0.1) is 6.92 Å². The van der Waals surface area contributed by atoms with E-state index in [9.17, 15) is 35.9 Å². The maximum Gasteiger partial charge on any atom is 0.573 e. The fourth-order valence-electron chi connectivity index (χ4n) is 4.33. The number of carbonyl (C=O) groups excluding carboxylic acids is 1. The number of nitrogens with zero attached hydrogens (tertiary/aromatic N) is 5. The molecule has 17 heteroatoms. The highest BCUT2D eigenvalue weighted by Crippen LogP contribution is 2.26. The van der Waals surface area contributed by atoms with Crippen LogP contribution < -0.4 is 24.8 Å². The zero-order chi connectivity index (χ0) is 31.6. The molecule has 1 fully saturated rings. The number of benzene rings is 1. The number of halogens is 6. The Morgan fingerprint density at radius 2 is 1.73 bits per heavy atom. The SMILES string of the molecule is Cc1ccc(-c2nc(-c3ccc(OC(F)(F)F)cc3)no2)c(=O)n1Cc1cc[n+](OC(=O)C(F)(F)F)c(N2CCOCC2)c1. The van der Waals surface area contributed by atoms with E-state index in [-0.39, 0.29) is 29.6 Å². The summed E-state index contributed by atoms with van der Waals surface area (Å²) in [5.74, 6) is -2.81. The number of carbonyl (C=O) groups is 1. The van der Waals surface area contributed by atoms with Crippen LogP contribution in [-0.2, 0) is 16.1 Å². The van der Waals surface area contributed by atoms with E-state index in [1.54, 1.807) is 17.9 Å². The van der Waals surface area contributed by atoms with Gasteiger partial charge in [-0.05, 0) is 59.7 Å². The molecule has 0 unspecified atom stereocenters. The Hall–Kier alpha value is -4.93. The van der Waals surface area contributed by atoms with E-state index in [0.29, 0.717) is 43.1 Å². The van der Waals surface area contributed by atoms with Gasteiger partial charge in [-0.1, -0.05) is 5.16 Å². The van der Waals surface area contributed by atoms with Gasteiger partial charge in [-0.15, -0.1) is 13.2 Å². The number of alkyl halides is 6. The molecular weight excluding hydrogens is 604 g/mol. The van der Waals surface area contributed by atoms with E-state index >= 15 is 0 Å². The molecular formula is C27H22F6N5O6+. The van der Waals surface area contributed by atoms with Crippen LogP contribution in [0.5, 0.6) is 5.75 Å². The molecule has 0 saturated carbocycles. The summed E-state index contributed by atoms with van der Waals surface area (Å²) in [6.07, 6.45) is -8.90. The van der Waals surface area contributed by atoms with Crippen molar-refractivity contribution in [2.45, 2.75) is 26.0 Å². The van der Waals surface area contributed by atoms with Gasteiger partial charge in [0.1, 0.15) is 30.6 Å². The largest absolute Gasteiger partial charge is 0.573 e. The Morgan fingerprint density at radius 3 is 2.39 bits per heavy atom. The second kappa shape index (κ2) is 12.0. The van der Waals surface area contributed by atoms with E-state index in [1.807, 2.05) is 0 Å². The molecule has 0 spiro atoms. The molecule has 0 radical (unpaired) electrons. The van der Waals surface area contributed by atoms with Crippen molar-refractivity contribution >= 4 is 11.8 Å². The van der Waals surface area contributed by atoms with Crippen LogP contribution in [0.4, 0.5) is 32.2 Å². The second-order valence-electron chi connectivity index (χ2n) is 9.47. The molecule has 1 saturated heterocycles. The van der Waals surface area contributed by atoms with Gasteiger partial charge < -0.3 is 18.6 Å². The summed E-state index contributed by atoms with van der Waals surface area (Å²) in [4.78, 5) is 35.5. The summed E-state index contributed by atoms with van der Waals surface area (Å²) in [5.41, 5.74) is 0.848. The fourth-order valence-corrected chi connectivity index (χ4v) is 4.33. The Balaban J connectivity index is 1.42. The predicted octanol–water partition coefficient (Wildman–Crippen LogP) is 3.46. The highest BCUT2D eigenvalue weighted by molar-refractivity contribution is 5.75. The lowest BCUT2D eigenvalue weighted by atomic mass is 10.2. The first-order chi connectivity index (χ1) is 20.8. The van der Waals surface area contributed by atoms with Crippen LogP contribution in [0.3, 0.4) is 0 Å². The Kier molecular flexibility index (Phi) is 8.31. The molecule has 232 valence electrons. The number of aromatic nitrogens is 4. The summed E-state index contributed by atoms with van der Waals surface area (Å²) in [6.45, 7) is 2.89. The van der Waals surface area contributed by atoms with Gasteiger partial charge in [0, 0.05) is 17.3 Å². The predicted molar refractivity (Wildman–Crippen MR) is 137 cm³/mol. The van der Waals surface area contributed by atoms with Crippen molar-refractivity contribution < 1.29 is 54.7 Å². The molecule has 1 aliphatic rings. The van der Waals surface area contributed by atoms with Crippen LogP contribution in [-0.4, -0.2) is 59.5 Å². The number of rotatable bonds is 7. The summed E-state index contributed by atoms with van der Waals surface area (Å²) >= 11 is 0. The van der Waals surface area contributed by atoms with Crippen LogP contribution in [0.1, 0.15) is 11.3 Å². The lowest BCUT2D eigenvalue weighted by molar-refractivity contribution is -0.860. The third kappa shape index (κ3) is 6.99. The summed E-state index contributed by atoms with van der Waals surface area (Å²) in [6, 6.07) is 10.8. The minimum Gasteiger partial charge on any atom is -0.406 e. The number of hydrogen-bond donors (Lipinski definition) is 0. The van der Waals surface area contributed by atoms with Crippen molar-refractivity contribution in [1.82, 2.24) is 14.7 Å². The van der Waals surface area contributed by atoms with Crippen LogP contribution >= 0.6 is 0 Å². The van der Waals surface area contributed by atoms with Crippen molar-refractivity contribution in [2.24, 2.45) is 0 Å². The monoisotopic (exact) mass is 626 g/mol. The summed E-state index contributed by atoms with van der Waals surface area (Å²) in [5, 5.41) is 3.82. The zero-order valence-corrected chi connectivity index (χ0v) is 22.7. The molecule has 1 aromatic carbocycles. The summed E-state index contributed by atoms with van der Waals surface area (Å²) < 4.78 is 92.5. The Bertz CT molecular complexity index is 1710. The van der Waals surface area contributed by atoms with Crippen LogP contribution in [0.2, 0.25) is 0 Å². The zero-order valence-electron chi connectivity index (χ0n) is 22.7. The van der Waals surface area contributed by atoms with Gasteiger partial charge in [0.25, 0.3) is 11.4 Å². The van der Waals surface area contributed by atoms with E-state index < -0.39 is 29.8 Å². The minimum atomic E-state index is -5.21. The first-order valence-corrected chi connectivity index (χ1v) is 12.9. The molecule has 5 rings (SSSR count). The maximum atomic E-state index is 13.5. The molecule has 4 aromatic rings. The van der Waals surface area contributed by atoms with Gasteiger partial charge in [0.15, 0.2) is 0 Å². The van der Waals surface area contributed by atoms with Gasteiger partial charge >= 0.3 is 24.3 Å². The smallest absolute Gasteiger partial charge is 0.406 e. The van der Waals surface area contributed by atoms with E-state index in [4.69, 9.17) is 9.26 Å². The highest BCUT2D eigenvalue weighted by Gasteiger charge is 2.44. The highest BCUT2D eigenvalue weighted by atomic mass is 19.4. The third-order valence-electron chi connectivity index (χ3n) is 6.45. The van der Waals surface area contributed by atoms with Gasteiger partial charge in [-0.25, -0.2) is 9.63 Å². The Morgan fingerprint density at radius 1 is 1.02 bits per heavy atom. The van der Waals surface area contributed by atoms with Crippen molar-refractivity contribution in [3.63, 3.8) is 0 Å². The molecule has 0 aliphatic carbocycles. The van der Waals surface area contributed by atoms with Crippen molar-refractivity contribution in [3.05, 3.63) is 76.3 Å². The number of pyridine rings is 2. The molecule has 0 amide bonds. The van der Waals surface area contributed by atoms with Crippen LogP contribution in [0.25, 0.3) is 22.8 Å². The van der Waals surface area contributed by atoms with Gasteiger partial charge in [-0.3, -0.25) is 9.69 Å². The molecule has 3 aromatic heterocycles. The molecule has 0 bridgehead atoms. The average molecular weight is 626 g/mol. The number of aryl methyl sites for hydroxylation is 1. The maximum absolute atomic E-state index is 13.5. The average Bonchev–Trinajstić information content (AvgIpc) is 3.45. The Labute approximate surface area is 243 Å². The van der Waals surface area contributed by atoms with Gasteiger partial charge in [-0.2, -0.15) is 18.2 Å². The molecule has 1 aliphatic heterocycles. The third-order valence-corrected chi connectivity index (χ3v) is 6.45. The normalized spacial score (nSPS) is 14.0. The lowest BCUT2D eigenvalue weighted by Gasteiger charge is -2.23. The van der Waals surface area contributed by atoms with Crippen molar-refractivity contribution in [1.29, 1.82) is 0 Å². The number of morpholine rings is 1. The topological polar surface area (TPSA) is 113 Å². The first-order valence-electron chi connectivity index (χ1n) is 12.9. The van der Waals surface area contributed by atoms with Crippen molar-refractivity contribution in [2.75, 3.05) is 31.2 Å². The number of anilines is 1. The number of ether oxygens (including phenoxy) is 2. The quantitative estimate of drug-likeness (QED) is 0.225. The van der Waals surface area contributed by atoms with Gasteiger partial charge in [0.2, 0.25) is 5.82 Å². The van der Waals surface area contributed by atoms with E-state index in [1.165, 1.54) is 34.9 Å². The van der Waals surface area contributed by atoms with E-state index in [0.717, 1.165) is 23.1 Å². The fraction of sp³-hybridized carbons (Fsp3) is 0.296. The minimum absolute atomic E-state index is 0.0151. The van der Waals surface area contributed by atoms with Gasteiger partial charge in [0.05, 0.1) is 19.8 Å². The standard InChI is InChI=1S/C27H22F6N5O6/c1-16-2-7-20(23-34-22(35-43-23)18-3-5-19(6-4-18)42-27(31,32)33)24(39)37(16)15-17-8-9-38(44-25(40)26(28,29)30)21(14-17)36-10-12-41-13-11-36/h2-9,14H,10-13,15H2,1H3/q+1.